The van der Waals surface area contributed by atoms with E-state index in [9.17, 15) is 24.0 Å². The summed E-state index contributed by atoms with van der Waals surface area (Å²) in [6.07, 6.45) is 3.22. The van der Waals surface area contributed by atoms with Crippen LogP contribution in [0.2, 0.25) is 0 Å². The Bertz CT molecular complexity index is 1570. The van der Waals surface area contributed by atoms with E-state index >= 15 is 0 Å². The molecule has 3 amide bonds. The van der Waals surface area contributed by atoms with E-state index in [0.717, 1.165) is 11.4 Å². The number of imide groups is 1. The number of nitrogens with zero attached hydrogens (tertiary/aromatic N) is 4. The summed E-state index contributed by atoms with van der Waals surface area (Å²) in [5.74, 6) is -0.778. The number of H-pyrrole nitrogens is 1. The van der Waals surface area contributed by atoms with E-state index in [-0.39, 0.29) is 11.2 Å². The number of hydrogen-bond donors (Lipinski definition) is 2. The van der Waals surface area contributed by atoms with Crippen LogP contribution in [-0.4, -0.2) is 48.4 Å². The second-order valence-electron chi connectivity index (χ2n) is 9.28. The number of benzene rings is 1. The van der Waals surface area contributed by atoms with E-state index in [1.54, 1.807) is 24.3 Å². The minimum Gasteiger partial charge on any atom is -0.484 e. The molecular formula is C26H28N6O6. The molecule has 12 heteroatoms. The highest BCUT2D eigenvalue weighted by molar-refractivity contribution is 6.20. The minimum atomic E-state index is -0.633. The second-order valence-corrected chi connectivity index (χ2v) is 9.28. The number of fused-ring (bicyclic) bond motifs is 1. The molecule has 198 valence electrons. The Morgan fingerprint density at radius 1 is 0.974 bits per heavy atom. The molecule has 0 bridgehead atoms. The van der Waals surface area contributed by atoms with Crippen LogP contribution in [0, 0.1) is 0 Å². The molecule has 3 heterocycles. The lowest BCUT2D eigenvalue weighted by atomic mass is 10.2. The quantitative estimate of drug-likeness (QED) is 0.408. The molecule has 2 aromatic heterocycles. The summed E-state index contributed by atoms with van der Waals surface area (Å²) in [5, 5.41) is 0.757. The first-order chi connectivity index (χ1) is 18.3. The van der Waals surface area contributed by atoms with Crippen molar-refractivity contribution in [2.75, 3.05) is 6.61 Å². The molecule has 0 spiro atoms. The molecule has 2 N–H and O–H groups in total. The number of carbonyl (C=O) groups excluding carboxylic acids is 3. The van der Waals surface area contributed by atoms with Crippen LogP contribution in [-0.2, 0) is 27.5 Å². The summed E-state index contributed by atoms with van der Waals surface area (Å²) in [6.45, 7) is 4.21. The van der Waals surface area contributed by atoms with Crippen LogP contribution in [0.25, 0.3) is 22.6 Å². The van der Waals surface area contributed by atoms with Crippen LogP contribution in [0.5, 0.6) is 5.75 Å². The van der Waals surface area contributed by atoms with E-state index < -0.39 is 29.9 Å². The number of rotatable bonds is 9. The summed E-state index contributed by atoms with van der Waals surface area (Å²) in [6, 6.07) is 6.68. The molecule has 0 fully saturated rings. The van der Waals surface area contributed by atoms with Crippen molar-refractivity contribution >= 4 is 28.9 Å². The van der Waals surface area contributed by atoms with Crippen molar-refractivity contribution in [2.45, 2.75) is 59.0 Å². The topological polar surface area (TPSA) is 148 Å². The Hall–Kier alpha value is -4.48. The van der Waals surface area contributed by atoms with Gasteiger partial charge in [-0.05, 0) is 56.4 Å². The summed E-state index contributed by atoms with van der Waals surface area (Å²) >= 11 is 0. The number of carbonyl (C=O) groups is 3. The number of aromatic amines is 1. The first kappa shape index (κ1) is 25.2. The van der Waals surface area contributed by atoms with Gasteiger partial charge in [0.1, 0.15) is 17.1 Å². The van der Waals surface area contributed by atoms with Gasteiger partial charge in [-0.3, -0.25) is 33.7 Å². The highest BCUT2D eigenvalue weighted by Crippen LogP contribution is 2.33. The lowest BCUT2D eigenvalue weighted by molar-refractivity contribution is -0.148. The number of aryl methyl sites for hydroxylation is 1. The number of amides is 3. The maximum Gasteiger partial charge on any atom is 0.332 e. The van der Waals surface area contributed by atoms with E-state index in [4.69, 9.17) is 4.74 Å². The van der Waals surface area contributed by atoms with Crippen molar-refractivity contribution in [2.24, 2.45) is 0 Å². The Balaban J connectivity index is 1.29. The Kier molecular flexibility index (Phi) is 6.70. The number of hydrogen-bond acceptors (Lipinski definition) is 7. The summed E-state index contributed by atoms with van der Waals surface area (Å²) in [4.78, 5) is 70.4. The molecule has 1 aromatic carbocycles. The van der Waals surface area contributed by atoms with Gasteiger partial charge in [-0.25, -0.2) is 9.78 Å². The molecule has 0 unspecified atom stereocenters. The van der Waals surface area contributed by atoms with Gasteiger partial charge in [0.2, 0.25) is 0 Å². The van der Waals surface area contributed by atoms with Crippen LogP contribution in [0.4, 0.5) is 0 Å². The van der Waals surface area contributed by atoms with Gasteiger partial charge in [-0.2, -0.15) is 5.01 Å². The fraction of sp³-hybridized carbons (Fsp3) is 0.385. The predicted octanol–water partition coefficient (Wildman–Crippen LogP) is 1.63. The first-order valence-corrected chi connectivity index (χ1v) is 12.7. The van der Waals surface area contributed by atoms with Gasteiger partial charge in [0.15, 0.2) is 12.3 Å². The van der Waals surface area contributed by atoms with Gasteiger partial charge in [-0.15, -0.1) is 0 Å². The van der Waals surface area contributed by atoms with Crippen molar-refractivity contribution in [1.82, 2.24) is 29.5 Å². The highest BCUT2D eigenvalue weighted by Gasteiger charge is 2.41. The standard InChI is InChI=1S/C26H28N6O6/c1-3-12-30-22-20(25(36)31(13-4-2)26(30)37)27-21(28-22)15-8-10-16(11-9-15)38-14-19(33)29-32-23(34)17-6-5-7-18(17)24(32)35/h8-11H,3-7,12-14H2,1-2H3,(H,27,28)(H,29,33). The van der Waals surface area contributed by atoms with Gasteiger partial charge >= 0.3 is 5.69 Å². The summed E-state index contributed by atoms with van der Waals surface area (Å²) in [7, 11) is 0. The third kappa shape index (κ3) is 4.31. The van der Waals surface area contributed by atoms with Crippen LogP contribution in [0.3, 0.4) is 0 Å². The molecule has 0 saturated carbocycles. The third-order valence-corrected chi connectivity index (χ3v) is 6.63. The minimum absolute atomic E-state index is 0.268. The van der Waals surface area contributed by atoms with Crippen LogP contribution in [0.15, 0.2) is 45.0 Å². The van der Waals surface area contributed by atoms with Gasteiger partial charge in [-0.1, -0.05) is 13.8 Å². The number of hydrazine groups is 1. The second kappa shape index (κ2) is 10.1. The van der Waals surface area contributed by atoms with E-state index in [2.05, 4.69) is 15.4 Å². The normalized spacial score (nSPS) is 15.1. The lowest BCUT2D eigenvalue weighted by Crippen LogP contribution is -2.48. The Morgan fingerprint density at radius 2 is 1.61 bits per heavy atom. The molecule has 0 atom stereocenters. The van der Waals surface area contributed by atoms with Crippen molar-refractivity contribution in [3.63, 3.8) is 0 Å². The van der Waals surface area contributed by atoms with Gasteiger partial charge in [0.25, 0.3) is 23.3 Å². The molecule has 5 rings (SSSR count). The van der Waals surface area contributed by atoms with Crippen molar-refractivity contribution in [1.29, 1.82) is 0 Å². The van der Waals surface area contributed by atoms with Crippen LogP contribution in [0.1, 0.15) is 46.0 Å². The molecule has 3 aromatic rings. The highest BCUT2D eigenvalue weighted by atomic mass is 16.5. The zero-order valence-corrected chi connectivity index (χ0v) is 21.2. The molecule has 1 aliphatic heterocycles. The molecule has 2 aliphatic rings. The number of ether oxygens (including phenoxy) is 1. The Labute approximate surface area is 216 Å². The maximum atomic E-state index is 12.9. The summed E-state index contributed by atoms with van der Waals surface area (Å²) < 4.78 is 8.26. The van der Waals surface area contributed by atoms with E-state index in [1.807, 2.05) is 13.8 Å². The maximum absolute atomic E-state index is 12.9. The molecule has 0 radical (unpaired) electrons. The van der Waals surface area contributed by atoms with Crippen LogP contribution < -0.4 is 21.4 Å². The van der Waals surface area contributed by atoms with E-state index in [0.29, 0.717) is 72.7 Å². The average Bonchev–Trinajstić information content (AvgIpc) is 3.63. The number of aromatic nitrogens is 4. The van der Waals surface area contributed by atoms with Crippen molar-refractivity contribution < 1.29 is 19.1 Å². The Morgan fingerprint density at radius 3 is 2.24 bits per heavy atom. The largest absolute Gasteiger partial charge is 0.484 e. The van der Waals surface area contributed by atoms with Crippen LogP contribution >= 0.6 is 0 Å². The lowest BCUT2D eigenvalue weighted by Gasteiger charge is -2.17. The summed E-state index contributed by atoms with van der Waals surface area (Å²) in [5.41, 5.74) is 3.75. The smallest absolute Gasteiger partial charge is 0.332 e. The van der Waals surface area contributed by atoms with Crippen molar-refractivity contribution in [3.05, 3.63) is 56.2 Å². The molecule has 38 heavy (non-hydrogen) atoms. The van der Waals surface area contributed by atoms with E-state index in [1.165, 1.54) is 9.13 Å². The number of nitrogens with one attached hydrogen (secondary N) is 2. The molecule has 1 aliphatic carbocycles. The zero-order valence-electron chi connectivity index (χ0n) is 21.2. The predicted molar refractivity (Wildman–Crippen MR) is 137 cm³/mol. The fourth-order valence-corrected chi connectivity index (χ4v) is 4.84. The van der Waals surface area contributed by atoms with Gasteiger partial charge in [0, 0.05) is 29.8 Å². The van der Waals surface area contributed by atoms with Crippen molar-refractivity contribution in [3.8, 4) is 17.1 Å². The first-order valence-electron chi connectivity index (χ1n) is 12.7. The van der Waals surface area contributed by atoms with Gasteiger partial charge < -0.3 is 9.72 Å². The molecule has 12 nitrogen and oxygen atoms in total. The molecular weight excluding hydrogens is 492 g/mol. The third-order valence-electron chi connectivity index (χ3n) is 6.63. The molecule has 0 saturated heterocycles. The fourth-order valence-electron chi connectivity index (χ4n) is 4.84. The average molecular weight is 521 g/mol. The SMILES string of the molecule is CCCn1c(=O)c2[nH]c(-c3ccc(OCC(=O)NN4C(=O)C5=C(CCC5)C4=O)cc3)nc2n(CCC)c1=O. The van der Waals surface area contributed by atoms with Gasteiger partial charge in [0.05, 0.1) is 0 Å². The number of imidazole rings is 1. The zero-order chi connectivity index (χ0) is 27.0. The monoisotopic (exact) mass is 520 g/mol.